The molecule has 0 bridgehead atoms. The van der Waals surface area contributed by atoms with Crippen molar-refractivity contribution in [3.8, 4) is 0 Å². The Hall–Kier alpha value is -3.22. The van der Waals surface area contributed by atoms with Crippen molar-refractivity contribution < 1.29 is 19.2 Å². The predicted octanol–water partition coefficient (Wildman–Crippen LogP) is 2.80. The van der Waals surface area contributed by atoms with Gasteiger partial charge < -0.3 is 9.64 Å². The van der Waals surface area contributed by atoms with Gasteiger partial charge in [-0.3, -0.25) is 14.9 Å². The van der Waals surface area contributed by atoms with E-state index in [1.54, 1.807) is 7.05 Å². The second-order valence-corrected chi connectivity index (χ2v) is 5.53. The number of esters is 1. The number of hydrogen-bond acceptors (Lipinski definition) is 5. The number of rotatable bonds is 6. The van der Waals surface area contributed by atoms with Gasteiger partial charge >= 0.3 is 5.97 Å². The van der Waals surface area contributed by atoms with Crippen molar-refractivity contribution in [2.75, 3.05) is 7.05 Å². The quantitative estimate of drug-likeness (QED) is 0.457. The summed E-state index contributed by atoms with van der Waals surface area (Å²) in [5, 5.41) is 10.6. The molecular formula is C18H18N2O5. The topological polar surface area (TPSA) is 89.7 Å². The van der Waals surface area contributed by atoms with E-state index in [2.05, 4.69) is 0 Å². The van der Waals surface area contributed by atoms with Crippen LogP contribution in [0.4, 0.5) is 5.69 Å². The van der Waals surface area contributed by atoms with Crippen molar-refractivity contribution in [2.24, 2.45) is 0 Å². The van der Waals surface area contributed by atoms with Gasteiger partial charge in [0.15, 0.2) is 6.10 Å². The minimum absolute atomic E-state index is 0.122. The first-order valence-electron chi connectivity index (χ1n) is 7.63. The van der Waals surface area contributed by atoms with Crippen LogP contribution in [-0.4, -0.2) is 34.9 Å². The Bertz CT molecular complexity index is 759. The van der Waals surface area contributed by atoms with Crippen molar-refractivity contribution in [1.29, 1.82) is 0 Å². The molecule has 0 saturated carbocycles. The lowest BCUT2D eigenvalue weighted by Crippen LogP contribution is -2.37. The number of carbonyl (C=O) groups is 2. The van der Waals surface area contributed by atoms with Crippen LogP contribution in [0.1, 0.15) is 22.8 Å². The van der Waals surface area contributed by atoms with E-state index < -0.39 is 17.0 Å². The van der Waals surface area contributed by atoms with Gasteiger partial charge in [-0.15, -0.1) is 0 Å². The first kappa shape index (κ1) is 18.1. The molecule has 2 aromatic carbocycles. The summed E-state index contributed by atoms with van der Waals surface area (Å²) in [6.45, 7) is 1.90. The number of nitro benzene ring substituents is 1. The molecule has 7 heteroatoms. The Labute approximate surface area is 145 Å². The van der Waals surface area contributed by atoms with Gasteiger partial charge in [0.05, 0.1) is 10.5 Å². The highest BCUT2D eigenvalue weighted by molar-refractivity contribution is 5.92. The van der Waals surface area contributed by atoms with Crippen LogP contribution in [0.15, 0.2) is 54.6 Å². The van der Waals surface area contributed by atoms with Crippen LogP contribution < -0.4 is 0 Å². The van der Waals surface area contributed by atoms with Gasteiger partial charge in [0, 0.05) is 25.7 Å². The molecule has 0 aliphatic heterocycles. The van der Waals surface area contributed by atoms with Gasteiger partial charge in [0.2, 0.25) is 0 Å². The fourth-order valence-corrected chi connectivity index (χ4v) is 2.24. The van der Waals surface area contributed by atoms with Gasteiger partial charge in [-0.2, -0.15) is 0 Å². The molecule has 2 rings (SSSR count). The maximum atomic E-state index is 12.3. The van der Waals surface area contributed by atoms with Crippen molar-refractivity contribution in [3.63, 3.8) is 0 Å². The summed E-state index contributed by atoms with van der Waals surface area (Å²) in [5.41, 5.74) is 0.992. The van der Waals surface area contributed by atoms with Gasteiger partial charge in [0.25, 0.3) is 11.6 Å². The molecule has 0 aromatic heterocycles. The highest BCUT2D eigenvalue weighted by Crippen LogP contribution is 2.14. The second-order valence-electron chi connectivity index (χ2n) is 5.53. The number of benzene rings is 2. The molecule has 0 fully saturated rings. The highest BCUT2D eigenvalue weighted by Gasteiger charge is 2.22. The highest BCUT2D eigenvalue weighted by atomic mass is 16.6. The molecule has 0 aliphatic carbocycles. The third-order valence-corrected chi connectivity index (χ3v) is 3.58. The third-order valence-electron chi connectivity index (χ3n) is 3.58. The van der Waals surface area contributed by atoms with Crippen LogP contribution >= 0.6 is 0 Å². The van der Waals surface area contributed by atoms with Crippen LogP contribution in [0.3, 0.4) is 0 Å². The Balaban J connectivity index is 1.95. The van der Waals surface area contributed by atoms with E-state index in [-0.39, 0.29) is 17.2 Å². The van der Waals surface area contributed by atoms with E-state index in [1.165, 1.54) is 36.1 Å². The summed E-state index contributed by atoms with van der Waals surface area (Å²) in [7, 11) is 1.63. The number of amides is 1. The SMILES string of the molecule is C[C@H](OC(=O)c1ccc([N+](=O)[O-])cc1)C(=O)N(C)Cc1ccccc1. The number of non-ortho nitro benzene ring substituents is 1. The van der Waals surface area contributed by atoms with E-state index in [4.69, 9.17) is 4.74 Å². The summed E-state index contributed by atoms with van der Waals surface area (Å²) in [5.74, 6) is -1.04. The molecule has 0 saturated heterocycles. The Morgan fingerprint density at radius 2 is 1.72 bits per heavy atom. The van der Waals surface area contributed by atoms with Crippen molar-refractivity contribution in [1.82, 2.24) is 4.90 Å². The number of ether oxygens (including phenoxy) is 1. The molecule has 0 N–H and O–H groups in total. The van der Waals surface area contributed by atoms with E-state index in [0.717, 1.165) is 5.56 Å². The number of hydrogen-bond donors (Lipinski definition) is 0. The minimum Gasteiger partial charge on any atom is -0.449 e. The summed E-state index contributed by atoms with van der Waals surface area (Å²) < 4.78 is 5.16. The van der Waals surface area contributed by atoms with Crippen LogP contribution in [0.25, 0.3) is 0 Å². The largest absolute Gasteiger partial charge is 0.449 e. The van der Waals surface area contributed by atoms with Gasteiger partial charge in [-0.05, 0) is 24.6 Å². The van der Waals surface area contributed by atoms with Crippen molar-refractivity contribution in [2.45, 2.75) is 19.6 Å². The molecule has 0 radical (unpaired) electrons. The molecule has 0 unspecified atom stereocenters. The van der Waals surface area contributed by atoms with Crippen molar-refractivity contribution in [3.05, 3.63) is 75.8 Å². The maximum Gasteiger partial charge on any atom is 0.338 e. The molecule has 0 aliphatic rings. The fraction of sp³-hybridized carbons (Fsp3) is 0.222. The van der Waals surface area contributed by atoms with Crippen LogP contribution in [0.2, 0.25) is 0 Å². The molecule has 25 heavy (non-hydrogen) atoms. The summed E-state index contributed by atoms with van der Waals surface area (Å²) >= 11 is 0. The van der Waals surface area contributed by atoms with Gasteiger partial charge in [-0.1, -0.05) is 30.3 Å². The molecule has 0 heterocycles. The molecule has 130 valence electrons. The molecule has 1 atom stereocenters. The Morgan fingerprint density at radius 1 is 1.12 bits per heavy atom. The second kappa shape index (κ2) is 8.05. The number of likely N-dealkylation sites (N-methyl/N-ethyl adjacent to an activating group) is 1. The molecule has 1 amide bonds. The van der Waals surface area contributed by atoms with Crippen molar-refractivity contribution >= 4 is 17.6 Å². The normalized spacial score (nSPS) is 11.4. The van der Waals surface area contributed by atoms with E-state index in [1.807, 2.05) is 30.3 Å². The standard InChI is InChI=1S/C18H18N2O5/c1-13(17(21)19(2)12-14-6-4-3-5-7-14)25-18(22)15-8-10-16(11-9-15)20(23)24/h3-11,13H,12H2,1-2H3/t13-/m0/s1. The summed E-state index contributed by atoms with van der Waals surface area (Å²) in [4.78, 5) is 35.9. The average molecular weight is 342 g/mol. The molecule has 0 spiro atoms. The maximum absolute atomic E-state index is 12.3. The van der Waals surface area contributed by atoms with Crippen LogP contribution in [0, 0.1) is 10.1 Å². The monoisotopic (exact) mass is 342 g/mol. The lowest BCUT2D eigenvalue weighted by Gasteiger charge is -2.21. The zero-order valence-electron chi connectivity index (χ0n) is 13.9. The van der Waals surface area contributed by atoms with Crippen LogP contribution in [-0.2, 0) is 16.1 Å². The molecule has 2 aromatic rings. The average Bonchev–Trinajstić information content (AvgIpc) is 2.61. The minimum atomic E-state index is -0.962. The Kier molecular flexibility index (Phi) is 5.84. The first-order valence-corrected chi connectivity index (χ1v) is 7.63. The number of nitro groups is 1. The summed E-state index contributed by atoms with van der Waals surface area (Å²) in [6.07, 6.45) is -0.962. The Morgan fingerprint density at radius 3 is 2.28 bits per heavy atom. The van der Waals surface area contributed by atoms with Gasteiger partial charge in [-0.25, -0.2) is 4.79 Å². The fourth-order valence-electron chi connectivity index (χ4n) is 2.24. The van der Waals surface area contributed by atoms with Gasteiger partial charge in [0.1, 0.15) is 0 Å². The lowest BCUT2D eigenvalue weighted by molar-refractivity contribution is -0.384. The number of carbonyl (C=O) groups excluding carboxylic acids is 2. The predicted molar refractivity (Wildman–Crippen MR) is 90.9 cm³/mol. The third kappa shape index (κ3) is 4.87. The smallest absolute Gasteiger partial charge is 0.338 e. The van der Waals surface area contributed by atoms with Crippen LogP contribution in [0.5, 0.6) is 0 Å². The summed E-state index contributed by atoms with van der Waals surface area (Å²) in [6, 6.07) is 14.5. The van der Waals surface area contributed by atoms with E-state index in [0.29, 0.717) is 6.54 Å². The lowest BCUT2D eigenvalue weighted by atomic mass is 10.2. The molecule has 7 nitrogen and oxygen atoms in total. The zero-order valence-corrected chi connectivity index (χ0v) is 13.9. The number of nitrogens with zero attached hydrogens (tertiary/aromatic N) is 2. The molecular weight excluding hydrogens is 324 g/mol. The van der Waals surface area contributed by atoms with E-state index in [9.17, 15) is 19.7 Å². The van der Waals surface area contributed by atoms with E-state index >= 15 is 0 Å². The zero-order chi connectivity index (χ0) is 18.4. The first-order chi connectivity index (χ1) is 11.9.